The Morgan fingerprint density at radius 3 is 2.88 bits per heavy atom. The highest BCUT2D eigenvalue weighted by molar-refractivity contribution is 5.40. The highest BCUT2D eigenvalue weighted by atomic mass is 16.5. The quantitative estimate of drug-likeness (QED) is 0.859. The van der Waals surface area contributed by atoms with Crippen LogP contribution in [0.1, 0.15) is 17.0 Å². The Balaban J connectivity index is 2.16. The molecule has 5 nitrogen and oxygen atoms in total. The van der Waals surface area contributed by atoms with Crippen LogP contribution in [0, 0.1) is 6.92 Å². The van der Waals surface area contributed by atoms with Crippen molar-refractivity contribution in [2.24, 2.45) is 12.8 Å². The number of nitrogens with zero attached hydrogens (tertiary/aromatic N) is 3. The molecule has 0 radical (unpaired) electrons. The first-order chi connectivity index (χ1) is 8.22. The summed E-state index contributed by atoms with van der Waals surface area (Å²) in [5, 5.41) is 3.99. The van der Waals surface area contributed by atoms with Crippen LogP contribution >= 0.6 is 0 Å². The predicted octanol–water partition coefficient (Wildman–Crippen LogP) is 1.16. The van der Waals surface area contributed by atoms with Crippen LogP contribution in [0.4, 0.5) is 0 Å². The van der Waals surface area contributed by atoms with Crippen LogP contribution in [0.5, 0.6) is 5.75 Å². The summed E-state index contributed by atoms with van der Waals surface area (Å²) < 4.78 is 7.48. The molecule has 1 heterocycles. The molecule has 2 rings (SSSR count). The summed E-state index contributed by atoms with van der Waals surface area (Å²) in [5.74, 6) is 1.63. The maximum atomic E-state index is 5.78. The van der Waals surface area contributed by atoms with Crippen molar-refractivity contribution in [3.8, 4) is 5.75 Å². The lowest BCUT2D eigenvalue weighted by Crippen LogP contribution is -2.08. The summed E-state index contributed by atoms with van der Waals surface area (Å²) in [6, 6.07) is 5.96. The van der Waals surface area contributed by atoms with E-state index in [2.05, 4.69) is 10.1 Å². The van der Waals surface area contributed by atoms with Gasteiger partial charge in [0.15, 0.2) is 5.82 Å². The summed E-state index contributed by atoms with van der Waals surface area (Å²) in [7, 11) is 1.84. The van der Waals surface area contributed by atoms with Crippen molar-refractivity contribution in [1.82, 2.24) is 14.8 Å². The summed E-state index contributed by atoms with van der Waals surface area (Å²) in [5.41, 5.74) is 7.77. The molecule has 90 valence electrons. The average Bonchev–Trinajstić information content (AvgIpc) is 2.73. The predicted molar refractivity (Wildman–Crippen MR) is 64.4 cm³/mol. The van der Waals surface area contributed by atoms with Gasteiger partial charge >= 0.3 is 0 Å². The minimum Gasteiger partial charge on any atom is -0.485 e. The van der Waals surface area contributed by atoms with Crippen LogP contribution < -0.4 is 10.5 Å². The zero-order valence-corrected chi connectivity index (χ0v) is 10.1. The van der Waals surface area contributed by atoms with Gasteiger partial charge in [-0.1, -0.05) is 18.2 Å². The smallest absolute Gasteiger partial charge is 0.164 e. The SMILES string of the molecule is Cc1cccc(CN)c1OCc1ncnn1C. The van der Waals surface area contributed by atoms with Gasteiger partial charge in [-0.15, -0.1) is 0 Å². The van der Waals surface area contributed by atoms with Gasteiger partial charge in [-0.3, -0.25) is 4.68 Å². The van der Waals surface area contributed by atoms with Gasteiger partial charge in [-0.2, -0.15) is 5.10 Å². The lowest BCUT2D eigenvalue weighted by molar-refractivity contribution is 0.285. The number of para-hydroxylation sites is 1. The minimum atomic E-state index is 0.397. The fourth-order valence-electron chi connectivity index (χ4n) is 1.67. The number of rotatable bonds is 4. The van der Waals surface area contributed by atoms with E-state index in [-0.39, 0.29) is 0 Å². The largest absolute Gasteiger partial charge is 0.485 e. The molecular weight excluding hydrogens is 216 g/mol. The molecule has 0 bridgehead atoms. The van der Waals surface area contributed by atoms with E-state index in [1.54, 1.807) is 4.68 Å². The van der Waals surface area contributed by atoms with Gasteiger partial charge in [0.2, 0.25) is 0 Å². The molecular formula is C12H16N4O. The van der Waals surface area contributed by atoms with Crippen molar-refractivity contribution >= 4 is 0 Å². The molecule has 0 saturated heterocycles. The summed E-state index contributed by atoms with van der Waals surface area (Å²) in [4.78, 5) is 4.11. The maximum absolute atomic E-state index is 5.78. The fraction of sp³-hybridized carbons (Fsp3) is 0.333. The van der Waals surface area contributed by atoms with Gasteiger partial charge in [-0.05, 0) is 12.5 Å². The molecule has 5 heteroatoms. The van der Waals surface area contributed by atoms with Crippen LogP contribution in [0.15, 0.2) is 24.5 Å². The third-order valence-electron chi connectivity index (χ3n) is 2.66. The molecule has 0 spiro atoms. The van der Waals surface area contributed by atoms with Crippen molar-refractivity contribution in [3.63, 3.8) is 0 Å². The van der Waals surface area contributed by atoms with E-state index in [1.807, 2.05) is 32.2 Å². The first-order valence-electron chi connectivity index (χ1n) is 5.46. The lowest BCUT2D eigenvalue weighted by Gasteiger charge is -2.12. The molecule has 0 saturated carbocycles. The zero-order chi connectivity index (χ0) is 12.3. The van der Waals surface area contributed by atoms with Crippen LogP contribution in [-0.2, 0) is 20.2 Å². The summed E-state index contributed by atoms with van der Waals surface area (Å²) in [6.07, 6.45) is 1.51. The van der Waals surface area contributed by atoms with Crippen LogP contribution in [0.2, 0.25) is 0 Å². The number of hydrogen-bond acceptors (Lipinski definition) is 4. The molecule has 2 N–H and O–H groups in total. The second-order valence-corrected chi connectivity index (χ2v) is 3.86. The first-order valence-corrected chi connectivity index (χ1v) is 5.46. The number of hydrogen-bond donors (Lipinski definition) is 1. The third-order valence-corrected chi connectivity index (χ3v) is 2.66. The van der Waals surface area contributed by atoms with E-state index in [0.717, 1.165) is 22.7 Å². The standard InChI is InChI=1S/C12H16N4O/c1-9-4-3-5-10(6-13)12(9)17-7-11-14-8-15-16(11)2/h3-5,8H,6-7,13H2,1-2H3. The van der Waals surface area contributed by atoms with Crippen LogP contribution in [0.25, 0.3) is 0 Å². The highest BCUT2D eigenvalue weighted by Crippen LogP contribution is 2.23. The van der Waals surface area contributed by atoms with Crippen LogP contribution in [0.3, 0.4) is 0 Å². The molecule has 0 atom stereocenters. The molecule has 0 unspecified atom stereocenters. The van der Waals surface area contributed by atoms with E-state index >= 15 is 0 Å². The van der Waals surface area contributed by atoms with E-state index in [1.165, 1.54) is 6.33 Å². The minimum absolute atomic E-state index is 0.397. The van der Waals surface area contributed by atoms with Crippen molar-refractivity contribution in [3.05, 3.63) is 41.5 Å². The van der Waals surface area contributed by atoms with Gasteiger partial charge < -0.3 is 10.5 Å². The summed E-state index contributed by atoms with van der Waals surface area (Å²) >= 11 is 0. The van der Waals surface area contributed by atoms with E-state index in [4.69, 9.17) is 10.5 Å². The molecule has 0 aliphatic heterocycles. The second kappa shape index (κ2) is 4.97. The summed E-state index contributed by atoms with van der Waals surface area (Å²) in [6.45, 7) is 2.87. The average molecular weight is 232 g/mol. The molecule has 0 aliphatic carbocycles. The van der Waals surface area contributed by atoms with Gasteiger partial charge in [0, 0.05) is 19.2 Å². The zero-order valence-electron chi connectivity index (χ0n) is 10.1. The number of benzene rings is 1. The number of aromatic nitrogens is 3. The molecule has 17 heavy (non-hydrogen) atoms. The van der Waals surface area contributed by atoms with E-state index in [9.17, 15) is 0 Å². The Labute approximate surface area is 100 Å². The highest BCUT2D eigenvalue weighted by Gasteiger charge is 2.07. The molecule has 2 aromatic rings. The van der Waals surface area contributed by atoms with Crippen molar-refractivity contribution in [2.45, 2.75) is 20.1 Å². The normalized spacial score (nSPS) is 10.5. The Morgan fingerprint density at radius 1 is 1.41 bits per heavy atom. The Hall–Kier alpha value is -1.88. The third kappa shape index (κ3) is 2.45. The van der Waals surface area contributed by atoms with Crippen molar-refractivity contribution in [2.75, 3.05) is 0 Å². The maximum Gasteiger partial charge on any atom is 0.164 e. The Kier molecular flexibility index (Phi) is 3.39. The van der Waals surface area contributed by atoms with Crippen molar-refractivity contribution in [1.29, 1.82) is 0 Å². The number of nitrogens with two attached hydrogens (primary N) is 1. The van der Waals surface area contributed by atoms with Gasteiger partial charge in [-0.25, -0.2) is 4.98 Å². The molecule has 0 amide bonds. The van der Waals surface area contributed by atoms with Crippen LogP contribution in [-0.4, -0.2) is 14.8 Å². The Bertz CT molecular complexity index is 507. The Morgan fingerprint density at radius 2 is 2.24 bits per heavy atom. The lowest BCUT2D eigenvalue weighted by atomic mass is 10.1. The molecule has 1 aromatic heterocycles. The topological polar surface area (TPSA) is 66.0 Å². The van der Waals surface area contributed by atoms with Gasteiger partial charge in [0.25, 0.3) is 0 Å². The van der Waals surface area contributed by atoms with Crippen molar-refractivity contribution < 1.29 is 4.74 Å². The van der Waals surface area contributed by atoms with Gasteiger partial charge in [0.05, 0.1) is 0 Å². The fourth-order valence-corrected chi connectivity index (χ4v) is 1.67. The second-order valence-electron chi connectivity index (χ2n) is 3.86. The van der Waals surface area contributed by atoms with E-state index < -0.39 is 0 Å². The first kappa shape index (κ1) is 11.6. The van der Waals surface area contributed by atoms with Gasteiger partial charge in [0.1, 0.15) is 18.7 Å². The number of aryl methyl sites for hydroxylation is 2. The molecule has 0 fully saturated rings. The monoisotopic (exact) mass is 232 g/mol. The number of ether oxygens (including phenoxy) is 1. The van der Waals surface area contributed by atoms with E-state index in [0.29, 0.717) is 13.2 Å². The molecule has 1 aromatic carbocycles. The molecule has 0 aliphatic rings.